The number of methoxy groups -OCH3 is 1. The second-order valence-electron chi connectivity index (χ2n) is 7.78. The fourth-order valence-electron chi connectivity index (χ4n) is 4.07. The second-order valence-corrected chi connectivity index (χ2v) is 7.78. The smallest absolute Gasteiger partial charge is 0.253 e. The number of aliphatic imine (C=N–C) groups is 1. The van der Waals surface area contributed by atoms with Gasteiger partial charge in [0, 0.05) is 51.3 Å². The molecule has 1 saturated heterocycles. The first-order valence-electron chi connectivity index (χ1n) is 11.1. The number of carbonyl (C=O) groups is 1. The molecule has 0 aromatic heterocycles. The molecule has 0 aliphatic carbocycles. The molecule has 6 nitrogen and oxygen atoms in total. The van der Waals surface area contributed by atoms with Gasteiger partial charge < -0.3 is 19.9 Å². The molecular formula is C25H35IN4O2. The number of guanidine groups is 1. The van der Waals surface area contributed by atoms with Gasteiger partial charge in [-0.1, -0.05) is 24.3 Å². The highest BCUT2D eigenvalue weighted by Crippen LogP contribution is 2.28. The Kier molecular flexibility index (Phi) is 10.3. The molecule has 1 fully saturated rings. The third-order valence-electron chi connectivity index (χ3n) is 5.99. The Morgan fingerprint density at radius 3 is 2.34 bits per heavy atom. The van der Waals surface area contributed by atoms with E-state index < -0.39 is 0 Å². The zero-order valence-electron chi connectivity index (χ0n) is 19.5. The summed E-state index contributed by atoms with van der Waals surface area (Å²) in [6.45, 7) is 8.06. The van der Waals surface area contributed by atoms with Gasteiger partial charge in [0.25, 0.3) is 5.91 Å². The lowest BCUT2D eigenvalue weighted by Gasteiger charge is -2.22. The monoisotopic (exact) mass is 550 g/mol. The van der Waals surface area contributed by atoms with E-state index in [1.54, 1.807) is 7.11 Å². The van der Waals surface area contributed by atoms with Crippen LogP contribution in [0, 0.1) is 0 Å². The van der Waals surface area contributed by atoms with Crippen LogP contribution in [0.1, 0.15) is 47.7 Å². The minimum atomic E-state index is 0. The molecule has 0 bridgehead atoms. The Labute approximate surface area is 209 Å². The average Bonchev–Trinajstić information content (AvgIpc) is 3.31. The molecule has 1 aliphatic rings. The van der Waals surface area contributed by atoms with Gasteiger partial charge in [-0.05, 0) is 55.7 Å². The van der Waals surface area contributed by atoms with Crippen LogP contribution < -0.4 is 10.1 Å². The van der Waals surface area contributed by atoms with Crippen molar-refractivity contribution >= 4 is 35.8 Å². The first kappa shape index (κ1) is 26.0. The fourth-order valence-corrected chi connectivity index (χ4v) is 4.07. The largest absolute Gasteiger partial charge is 0.497 e. The summed E-state index contributed by atoms with van der Waals surface area (Å²) in [7, 11) is 3.52. The molecule has 1 N–H and O–H groups in total. The maximum atomic E-state index is 12.5. The zero-order valence-corrected chi connectivity index (χ0v) is 21.8. The molecule has 1 heterocycles. The van der Waals surface area contributed by atoms with Crippen molar-refractivity contribution in [2.75, 3.05) is 40.3 Å². The Hall–Kier alpha value is -2.29. The highest BCUT2D eigenvalue weighted by atomic mass is 127. The first-order valence-corrected chi connectivity index (χ1v) is 11.1. The number of nitrogens with zero attached hydrogens (tertiary/aromatic N) is 3. The number of rotatable bonds is 7. The third-order valence-corrected chi connectivity index (χ3v) is 5.99. The molecule has 1 unspecified atom stereocenters. The summed E-state index contributed by atoms with van der Waals surface area (Å²) in [6.07, 6.45) is 1.11. The molecule has 2 aromatic carbocycles. The van der Waals surface area contributed by atoms with Crippen molar-refractivity contribution < 1.29 is 9.53 Å². The lowest BCUT2D eigenvalue weighted by molar-refractivity contribution is 0.0773. The van der Waals surface area contributed by atoms with Gasteiger partial charge >= 0.3 is 0 Å². The molecule has 3 rings (SSSR count). The fraction of sp³-hybridized carbons (Fsp3) is 0.440. The number of nitrogens with one attached hydrogen (secondary N) is 1. The van der Waals surface area contributed by atoms with Crippen molar-refractivity contribution in [3.05, 3.63) is 65.2 Å². The van der Waals surface area contributed by atoms with Crippen LogP contribution in [0.4, 0.5) is 0 Å². The van der Waals surface area contributed by atoms with Gasteiger partial charge in [0.2, 0.25) is 0 Å². The number of benzene rings is 2. The van der Waals surface area contributed by atoms with Gasteiger partial charge in [-0.25, -0.2) is 0 Å². The molecule has 0 radical (unpaired) electrons. The van der Waals surface area contributed by atoms with Gasteiger partial charge in [0.15, 0.2) is 5.96 Å². The summed E-state index contributed by atoms with van der Waals surface area (Å²) in [6, 6.07) is 16.2. The van der Waals surface area contributed by atoms with Crippen LogP contribution in [-0.4, -0.2) is 62.0 Å². The maximum Gasteiger partial charge on any atom is 0.253 e. The standard InChI is InChI=1S/C25H34N4O2.HI/c1-5-28(6-2)24(30)21-9-7-19(8-10-21)17-27-25(26-3)29-16-15-22(18-29)20-11-13-23(31-4)14-12-20;/h7-14,22H,5-6,15-18H2,1-4H3,(H,26,27);1H. The van der Waals surface area contributed by atoms with Crippen molar-refractivity contribution in [3.8, 4) is 5.75 Å². The summed E-state index contributed by atoms with van der Waals surface area (Å²) < 4.78 is 5.27. The number of ether oxygens (including phenoxy) is 1. The summed E-state index contributed by atoms with van der Waals surface area (Å²) in [4.78, 5) is 21.1. The highest BCUT2D eigenvalue weighted by molar-refractivity contribution is 14.0. The number of amides is 1. The average molecular weight is 550 g/mol. The number of carbonyl (C=O) groups excluding carboxylic acids is 1. The molecule has 0 saturated carbocycles. The summed E-state index contributed by atoms with van der Waals surface area (Å²) >= 11 is 0. The van der Waals surface area contributed by atoms with Crippen LogP contribution in [0.2, 0.25) is 0 Å². The topological polar surface area (TPSA) is 57.2 Å². The SMILES string of the molecule is CCN(CC)C(=O)c1ccc(CNC(=NC)N2CCC(c3ccc(OC)cc3)C2)cc1.I. The van der Waals surface area contributed by atoms with E-state index in [2.05, 4.69) is 27.3 Å². The molecule has 1 aliphatic heterocycles. The second kappa shape index (κ2) is 12.7. The van der Waals surface area contributed by atoms with E-state index in [1.165, 1.54) is 5.56 Å². The third kappa shape index (κ3) is 6.37. The molecule has 1 amide bonds. The molecule has 174 valence electrons. The Morgan fingerprint density at radius 2 is 1.78 bits per heavy atom. The molecule has 2 aromatic rings. The van der Waals surface area contributed by atoms with Gasteiger partial charge in [-0.3, -0.25) is 9.79 Å². The van der Waals surface area contributed by atoms with E-state index in [0.717, 1.165) is 55.4 Å². The van der Waals surface area contributed by atoms with Crippen molar-refractivity contribution in [2.24, 2.45) is 4.99 Å². The quantitative estimate of drug-likeness (QED) is 0.316. The van der Waals surface area contributed by atoms with Crippen LogP contribution in [0.25, 0.3) is 0 Å². The van der Waals surface area contributed by atoms with E-state index in [1.807, 2.05) is 62.2 Å². The lowest BCUT2D eigenvalue weighted by Crippen LogP contribution is -2.39. The summed E-state index contributed by atoms with van der Waals surface area (Å²) in [5, 5.41) is 3.47. The molecule has 1 atom stereocenters. The van der Waals surface area contributed by atoms with E-state index >= 15 is 0 Å². The van der Waals surface area contributed by atoms with Crippen LogP contribution in [-0.2, 0) is 6.54 Å². The predicted octanol–water partition coefficient (Wildman–Crippen LogP) is 4.36. The van der Waals surface area contributed by atoms with Crippen LogP contribution in [0.5, 0.6) is 5.75 Å². The molecule has 0 spiro atoms. The Morgan fingerprint density at radius 1 is 1.12 bits per heavy atom. The van der Waals surface area contributed by atoms with Crippen molar-refractivity contribution in [3.63, 3.8) is 0 Å². The normalized spacial score (nSPS) is 15.8. The van der Waals surface area contributed by atoms with E-state index in [-0.39, 0.29) is 29.9 Å². The van der Waals surface area contributed by atoms with Crippen molar-refractivity contribution in [1.29, 1.82) is 0 Å². The summed E-state index contributed by atoms with van der Waals surface area (Å²) in [5.74, 6) is 2.39. The van der Waals surface area contributed by atoms with Crippen LogP contribution in [0.3, 0.4) is 0 Å². The Bertz CT molecular complexity index is 880. The maximum absolute atomic E-state index is 12.5. The number of halogens is 1. The van der Waals surface area contributed by atoms with E-state index in [9.17, 15) is 4.79 Å². The molecular weight excluding hydrogens is 515 g/mol. The van der Waals surface area contributed by atoms with Gasteiger partial charge in [0.05, 0.1) is 7.11 Å². The van der Waals surface area contributed by atoms with Crippen LogP contribution in [0.15, 0.2) is 53.5 Å². The highest BCUT2D eigenvalue weighted by Gasteiger charge is 2.26. The van der Waals surface area contributed by atoms with Crippen molar-refractivity contribution in [2.45, 2.75) is 32.7 Å². The number of likely N-dealkylation sites (tertiary alicyclic amines) is 1. The van der Waals surface area contributed by atoms with Gasteiger partial charge in [-0.2, -0.15) is 0 Å². The lowest BCUT2D eigenvalue weighted by atomic mass is 9.98. The van der Waals surface area contributed by atoms with Crippen LogP contribution >= 0.6 is 24.0 Å². The zero-order chi connectivity index (χ0) is 22.2. The first-order chi connectivity index (χ1) is 15.1. The predicted molar refractivity (Wildman–Crippen MR) is 141 cm³/mol. The minimum absolute atomic E-state index is 0. The minimum Gasteiger partial charge on any atom is -0.497 e. The Balaban J connectivity index is 0.00000363. The van der Waals surface area contributed by atoms with Gasteiger partial charge in [-0.15, -0.1) is 24.0 Å². The summed E-state index contributed by atoms with van der Waals surface area (Å²) in [5.41, 5.74) is 3.20. The van der Waals surface area contributed by atoms with E-state index in [0.29, 0.717) is 12.5 Å². The van der Waals surface area contributed by atoms with E-state index in [4.69, 9.17) is 4.74 Å². The van der Waals surface area contributed by atoms with Crippen molar-refractivity contribution in [1.82, 2.24) is 15.1 Å². The molecule has 32 heavy (non-hydrogen) atoms. The van der Waals surface area contributed by atoms with Gasteiger partial charge in [0.1, 0.15) is 5.75 Å². The number of hydrogen-bond donors (Lipinski definition) is 1. The molecule has 7 heteroatoms. The number of hydrogen-bond acceptors (Lipinski definition) is 3.